The van der Waals surface area contributed by atoms with Crippen molar-refractivity contribution in [3.63, 3.8) is 0 Å². The number of nitrogens with two attached hydrogens (primary N) is 1. The molecular weight excluding hydrogens is 545 g/mol. The fourth-order valence-corrected chi connectivity index (χ4v) is 9.36. The Kier molecular flexibility index (Phi) is 3.93. The Labute approximate surface area is 250 Å². The zero-order valence-electron chi connectivity index (χ0n) is 23.0. The Morgan fingerprint density at radius 2 is 1.28 bits per heavy atom. The smallest absolute Gasteiger partial charge is 0.133 e. The molecule has 0 radical (unpaired) electrons. The van der Waals surface area contributed by atoms with Crippen LogP contribution in [0.2, 0.25) is 0 Å². The third kappa shape index (κ3) is 2.55. The average Bonchev–Trinajstić information content (AvgIpc) is 3.33. The number of rotatable bonds is 2. The van der Waals surface area contributed by atoms with Gasteiger partial charge in [-0.25, -0.2) is 0 Å². The first-order valence-corrected chi connectivity index (χ1v) is 15.7. The summed E-state index contributed by atoms with van der Waals surface area (Å²) in [5, 5.41) is 8.98. The van der Waals surface area contributed by atoms with Crippen LogP contribution < -0.4 is 10.6 Å². The number of fused-ring (bicyclic) bond motifs is 13. The second kappa shape index (κ2) is 7.57. The first kappa shape index (κ1) is 22.4. The number of para-hydroxylation sites is 3. The van der Waals surface area contributed by atoms with Crippen molar-refractivity contribution in [1.82, 2.24) is 8.97 Å². The Bertz CT molecular complexity index is 2680. The van der Waals surface area contributed by atoms with Crippen molar-refractivity contribution >= 4 is 92.0 Å². The third-order valence-electron chi connectivity index (χ3n) is 9.80. The van der Waals surface area contributed by atoms with Crippen molar-refractivity contribution in [3.05, 3.63) is 121 Å². The molecular formula is C38H24N4S. The summed E-state index contributed by atoms with van der Waals surface area (Å²) >= 11 is 1.89. The van der Waals surface area contributed by atoms with E-state index in [0.29, 0.717) is 12.1 Å². The van der Waals surface area contributed by atoms with Crippen LogP contribution in [0.1, 0.15) is 0 Å². The van der Waals surface area contributed by atoms with Gasteiger partial charge in [-0.15, -0.1) is 11.3 Å². The summed E-state index contributed by atoms with van der Waals surface area (Å²) in [5.41, 5.74) is 14.5. The van der Waals surface area contributed by atoms with Crippen molar-refractivity contribution in [1.29, 1.82) is 0 Å². The molecule has 202 valence electrons. The molecule has 43 heavy (non-hydrogen) atoms. The molecule has 2 N–H and O–H groups in total. The molecule has 9 aromatic rings. The predicted molar refractivity (Wildman–Crippen MR) is 184 cm³/mol. The molecule has 1 fully saturated rings. The van der Waals surface area contributed by atoms with Gasteiger partial charge in [0, 0.05) is 48.1 Å². The fraction of sp³-hybridized carbons (Fsp3) is 0.0526. The molecule has 1 saturated heterocycles. The van der Waals surface area contributed by atoms with E-state index in [1.807, 2.05) is 11.3 Å². The topological polar surface area (TPSA) is 38.4 Å². The number of nitrogens with zero attached hydrogens (tertiary/aromatic N) is 3. The second-order valence-corrected chi connectivity index (χ2v) is 12.9. The summed E-state index contributed by atoms with van der Waals surface area (Å²) in [4.78, 5) is 2.48. The molecule has 2 atom stereocenters. The van der Waals surface area contributed by atoms with Crippen molar-refractivity contribution in [2.75, 3.05) is 10.6 Å². The van der Waals surface area contributed by atoms with Gasteiger partial charge in [-0.05, 0) is 24.3 Å². The summed E-state index contributed by atoms with van der Waals surface area (Å²) < 4.78 is 7.46. The molecule has 5 aromatic carbocycles. The molecule has 0 saturated carbocycles. The van der Waals surface area contributed by atoms with E-state index in [9.17, 15) is 0 Å². The number of anilines is 2. The predicted octanol–water partition coefficient (Wildman–Crippen LogP) is 9.41. The van der Waals surface area contributed by atoms with Gasteiger partial charge in [0.1, 0.15) is 5.82 Å². The standard InChI is InChI=1S/C38H24N4S/c39-38-34(41-27-18-7-8-19-28(27)41)25-16-10-15-24-32-35-30(22-13-4-6-17-26(22)40(35)21-11-2-1-3-12-21)31-23-14-5-9-20-29(23)43-37(31)36(32)42(38)33(24)25/h1-20,27-28H,39H2/t27-,28?,41?/m0/s1. The maximum atomic E-state index is 7.29. The lowest BCUT2D eigenvalue weighted by Gasteiger charge is -2.11. The lowest BCUT2D eigenvalue weighted by Crippen LogP contribution is -2.02. The van der Waals surface area contributed by atoms with E-state index in [2.05, 4.69) is 135 Å². The minimum atomic E-state index is 0.376. The van der Waals surface area contributed by atoms with Crippen LogP contribution in [-0.2, 0) is 0 Å². The molecule has 4 nitrogen and oxygen atoms in total. The number of nitrogen functional groups attached to an aromatic ring is 1. The lowest BCUT2D eigenvalue weighted by atomic mass is 10.0. The number of thiophene rings is 1. The minimum absolute atomic E-state index is 0.376. The third-order valence-corrected chi connectivity index (χ3v) is 11.0. The van der Waals surface area contributed by atoms with Crippen molar-refractivity contribution < 1.29 is 0 Å². The molecule has 0 bridgehead atoms. The van der Waals surface area contributed by atoms with E-state index in [-0.39, 0.29) is 0 Å². The van der Waals surface area contributed by atoms with Gasteiger partial charge < -0.3 is 15.2 Å². The normalized spacial score (nSPS) is 18.1. The molecule has 11 rings (SSSR count). The van der Waals surface area contributed by atoms with Crippen LogP contribution in [0.15, 0.2) is 121 Å². The largest absolute Gasteiger partial charge is 0.383 e. The van der Waals surface area contributed by atoms with Gasteiger partial charge in [0.05, 0.1) is 44.5 Å². The van der Waals surface area contributed by atoms with E-state index in [1.165, 1.54) is 74.9 Å². The molecule has 4 aromatic heterocycles. The highest BCUT2D eigenvalue weighted by Gasteiger charge is 2.47. The van der Waals surface area contributed by atoms with E-state index < -0.39 is 0 Å². The summed E-state index contributed by atoms with van der Waals surface area (Å²) in [6.07, 6.45) is 8.90. The van der Waals surface area contributed by atoms with Crippen molar-refractivity contribution in [2.45, 2.75) is 12.1 Å². The molecule has 5 heterocycles. The van der Waals surface area contributed by atoms with Crippen LogP contribution >= 0.6 is 11.3 Å². The number of hydrogen-bond donors (Lipinski definition) is 1. The maximum Gasteiger partial charge on any atom is 0.133 e. The van der Waals surface area contributed by atoms with E-state index >= 15 is 0 Å². The van der Waals surface area contributed by atoms with E-state index in [4.69, 9.17) is 5.73 Å². The fourth-order valence-electron chi connectivity index (χ4n) is 8.11. The van der Waals surface area contributed by atoms with E-state index in [1.54, 1.807) is 0 Å². The minimum Gasteiger partial charge on any atom is -0.383 e. The van der Waals surface area contributed by atoms with Gasteiger partial charge >= 0.3 is 0 Å². The van der Waals surface area contributed by atoms with Gasteiger partial charge in [0.2, 0.25) is 0 Å². The zero-order valence-corrected chi connectivity index (χ0v) is 23.8. The van der Waals surface area contributed by atoms with Gasteiger partial charge in [0.25, 0.3) is 0 Å². The molecule has 1 aliphatic carbocycles. The number of hydrogen-bond acceptors (Lipinski definition) is 3. The molecule has 0 spiro atoms. The highest BCUT2D eigenvalue weighted by Crippen LogP contribution is 2.55. The molecule has 1 unspecified atom stereocenters. The van der Waals surface area contributed by atoms with E-state index in [0.717, 1.165) is 11.5 Å². The summed E-state index contributed by atoms with van der Waals surface area (Å²) in [7, 11) is 0. The molecule has 0 amide bonds. The summed E-state index contributed by atoms with van der Waals surface area (Å²) in [6.45, 7) is 0. The van der Waals surface area contributed by atoms with Crippen LogP contribution in [0.5, 0.6) is 0 Å². The van der Waals surface area contributed by atoms with Crippen LogP contribution in [0.4, 0.5) is 11.5 Å². The Morgan fingerprint density at radius 3 is 2.12 bits per heavy atom. The second-order valence-electron chi connectivity index (χ2n) is 11.9. The Morgan fingerprint density at radius 1 is 0.581 bits per heavy atom. The zero-order chi connectivity index (χ0) is 28.0. The van der Waals surface area contributed by atoms with Gasteiger partial charge in [-0.2, -0.15) is 0 Å². The van der Waals surface area contributed by atoms with Gasteiger partial charge in [0.15, 0.2) is 0 Å². The molecule has 2 aliphatic rings. The van der Waals surface area contributed by atoms with Crippen molar-refractivity contribution in [2.24, 2.45) is 0 Å². The molecule has 1 aliphatic heterocycles. The van der Waals surface area contributed by atoms with Crippen LogP contribution in [0.25, 0.3) is 74.9 Å². The molecule has 5 heteroatoms. The number of allylic oxidation sites excluding steroid dienone is 2. The first-order chi connectivity index (χ1) is 21.3. The highest BCUT2D eigenvalue weighted by atomic mass is 32.1. The highest BCUT2D eigenvalue weighted by molar-refractivity contribution is 7.27. The summed E-state index contributed by atoms with van der Waals surface area (Å²) in [6, 6.07) is 36.1. The monoisotopic (exact) mass is 568 g/mol. The average molecular weight is 569 g/mol. The summed E-state index contributed by atoms with van der Waals surface area (Å²) in [5.74, 6) is 0.831. The van der Waals surface area contributed by atoms with Crippen LogP contribution in [0, 0.1) is 0 Å². The Balaban J connectivity index is 1.45. The SMILES string of the molecule is Nc1c(N2C3C=CC=C[C@@H]32)c2cccc3c4c5c(c6ccccc6n5-c5ccccc5)c5c6ccccc6sc5c4n1c23. The van der Waals surface area contributed by atoms with Gasteiger partial charge in [-0.3, -0.25) is 4.40 Å². The number of benzene rings is 5. The number of aromatic nitrogens is 2. The van der Waals surface area contributed by atoms with Crippen LogP contribution in [-0.4, -0.2) is 21.1 Å². The van der Waals surface area contributed by atoms with Crippen molar-refractivity contribution in [3.8, 4) is 5.69 Å². The van der Waals surface area contributed by atoms with Crippen LogP contribution in [0.3, 0.4) is 0 Å². The quantitative estimate of drug-likeness (QED) is 0.211. The first-order valence-electron chi connectivity index (χ1n) is 14.8. The maximum absolute atomic E-state index is 7.29. The van der Waals surface area contributed by atoms with Gasteiger partial charge in [-0.1, -0.05) is 97.1 Å². The Hall–Kier alpha value is -5.26. The lowest BCUT2D eigenvalue weighted by molar-refractivity contribution is 1.19.